The Hall–Kier alpha value is -2.39. The molecular weight excluding hydrogens is 400 g/mol. The Balaban J connectivity index is 2.05. The summed E-state index contributed by atoms with van der Waals surface area (Å²) in [6, 6.07) is 20.2. The number of fused-ring (bicyclic) bond motifs is 3. The summed E-state index contributed by atoms with van der Waals surface area (Å²) >= 11 is 0. The van der Waals surface area contributed by atoms with E-state index in [-0.39, 0.29) is 11.8 Å². The van der Waals surface area contributed by atoms with E-state index in [0.29, 0.717) is 10.8 Å². The van der Waals surface area contributed by atoms with Crippen LogP contribution in [0.3, 0.4) is 0 Å². The average Bonchev–Trinajstić information content (AvgIpc) is 3.07. The van der Waals surface area contributed by atoms with Crippen LogP contribution in [0.25, 0.3) is 11.1 Å². The van der Waals surface area contributed by atoms with E-state index in [2.05, 4.69) is 53.7 Å². The quantitative estimate of drug-likeness (QED) is 0.416. The van der Waals surface area contributed by atoms with Crippen LogP contribution in [0.2, 0.25) is 0 Å². The van der Waals surface area contributed by atoms with Gasteiger partial charge in [-0.05, 0) is 56.7 Å². The number of sulfone groups is 1. The predicted molar refractivity (Wildman–Crippen MR) is 130 cm³/mol. The van der Waals surface area contributed by atoms with Crippen molar-refractivity contribution in [3.05, 3.63) is 88.5 Å². The highest BCUT2D eigenvalue weighted by Gasteiger charge is 2.41. The molecule has 31 heavy (non-hydrogen) atoms. The van der Waals surface area contributed by atoms with Gasteiger partial charge in [0.1, 0.15) is 5.25 Å². The second-order valence-corrected chi connectivity index (χ2v) is 11.6. The van der Waals surface area contributed by atoms with Crippen molar-refractivity contribution in [2.24, 2.45) is 0 Å². The zero-order chi connectivity index (χ0) is 22.5. The molecule has 0 radical (unpaired) electrons. The summed E-state index contributed by atoms with van der Waals surface area (Å²) in [6.45, 7) is 12.7. The van der Waals surface area contributed by atoms with Crippen LogP contribution in [0.15, 0.2) is 65.6 Å². The van der Waals surface area contributed by atoms with E-state index >= 15 is 0 Å². The maximum atomic E-state index is 14.5. The Kier molecular flexibility index (Phi) is 5.59. The summed E-state index contributed by atoms with van der Waals surface area (Å²) in [7, 11) is -3.66. The fourth-order valence-electron chi connectivity index (χ4n) is 4.78. The van der Waals surface area contributed by atoms with E-state index in [4.69, 9.17) is 0 Å². The lowest BCUT2D eigenvalue weighted by Crippen LogP contribution is -2.19. The van der Waals surface area contributed by atoms with Crippen molar-refractivity contribution in [2.75, 3.05) is 0 Å². The lowest BCUT2D eigenvalue weighted by atomic mass is 9.89. The van der Waals surface area contributed by atoms with Crippen molar-refractivity contribution >= 4 is 9.84 Å². The molecule has 0 saturated carbocycles. The van der Waals surface area contributed by atoms with Gasteiger partial charge in [0.15, 0.2) is 9.84 Å². The maximum absolute atomic E-state index is 14.5. The molecule has 0 fully saturated rings. The highest BCUT2D eigenvalue weighted by Crippen LogP contribution is 2.51. The molecular formula is C28H32O2S. The third kappa shape index (κ3) is 3.53. The number of hydrogen-bond donors (Lipinski definition) is 0. The first-order valence-corrected chi connectivity index (χ1v) is 12.8. The summed E-state index contributed by atoms with van der Waals surface area (Å²) < 4.78 is 29.0. The predicted octanol–water partition coefficient (Wildman–Crippen LogP) is 7.60. The van der Waals surface area contributed by atoms with Crippen molar-refractivity contribution in [1.29, 1.82) is 0 Å². The molecule has 0 bridgehead atoms. The average molecular weight is 433 g/mol. The zero-order valence-corrected chi connectivity index (χ0v) is 20.1. The lowest BCUT2D eigenvalue weighted by molar-refractivity contribution is 0.584. The molecule has 0 atom stereocenters. The number of rotatable bonds is 5. The first-order chi connectivity index (χ1) is 14.6. The molecule has 0 unspecified atom stereocenters. The summed E-state index contributed by atoms with van der Waals surface area (Å²) in [4.78, 5) is 0.540. The van der Waals surface area contributed by atoms with Crippen LogP contribution in [0.1, 0.15) is 92.4 Å². The van der Waals surface area contributed by atoms with Crippen LogP contribution in [-0.2, 0) is 9.84 Å². The number of hydrogen-bond acceptors (Lipinski definition) is 2. The molecule has 0 spiro atoms. The molecule has 3 aromatic rings. The minimum atomic E-state index is -3.66. The monoisotopic (exact) mass is 432 g/mol. The largest absolute Gasteiger partial charge is 0.223 e. The molecule has 162 valence electrons. The van der Waals surface area contributed by atoms with Crippen molar-refractivity contribution < 1.29 is 8.42 Å². The zero-order valence-electron chi connectivity index (χ0n) is 19.3. The second-order valence-electron chi connectivity index (χ2n) is 9.59. The van der Waals surface area contributed by atoms with Crippen LogP contribution in [0.5, 0.6) is 0 Å². The van der Waals surface area contributed by atoms with Gasteiger partial charge in [-0.1, -0.05) is 102 Å². The molecule has 2 nitrogen and oxygen atoms in total. The first kappa shape index (κ1) is 21.8. The van der Waals surface area contributed by atoms with Crippen LogP contribution in [-0.4, -0.2) is 8.42 Å². The highest BCUT2D eigenvalue weighted by atomic mass is 32.2. The second kappa shape index (κ2) is 7.94. The van der Waals surface area contributed by atoms with Crippen molar-refractivity contribution in [2.45, 2.75) is 69.4 Å². The molecule has 0 aromatic heterocycles. The van der Waals surface area contributed by atoms with Gasteiger partial charge < -0.3 is 0 Å². The van der Waals surface area contributed by atoms with Gasteiger partial charge >= 0.3 is 0 Å². The third-order valence-corrected chi connectivity index (χ3v) is 8.62. The highest BCUT2D eigenvalue weighted by molar-refractivity contribution is 7.92. The van der Waals surface area contributed by atoms with E-state index in [9.17, 15) is 8.42 Å². The molecule has 0 aliphatic heterocycles. The van der Waals surface area contributed by atoms with Gasteiger partial charge in [0, 0.05) is 0 Å². The van der Waals surface area contributed by atoms with Gasteiger partial charge in [0.05, 0.1) is 4.90 Å². The van der Waals surface area contributed by atoms with Gasteiger partial charge in [-0.3, -0.25) is 0 Å². The minimum absolute atomic E-state index is 0.118. The molecule has 1 aliphatic carbocycles. The summed E-state index contributed by atoms with van der Waals surface area (Å²) in [5.74, 6) is 0.584. The Labute approximate surface area is 187 Å². The van der Waals surface area contributed by atoms with Crippen LogP contribution in [0.4, 0.5) is 0 Å². The van der Waals surface area contributed by atoms with E-state index in [0.717, 1.165) is 33.4 Å². The van der Waals surface area contributed by atoms with E-state index in [1.54, 1.807) is 0 Å². The number of benzene rings is 3. The van der Waals surface area contributed by atoms with Gasteiger partial charge in [0.2, 0.25) is 0 Å². The van der Waals surface area contributed by atoms with Gasteiger partial charge in [-0.2, -0.15) is 0 Å². The Morgan fingerprint density at radius 1 is 0.645 bits per heavy atom. The standard InChI is InChI=1S/C28H32O2S/c1-17(2)20-15-25(18(3)4)28(26(16-20)19(5)6)31(29,30)27-23-13-9-7-11-21(23)22-12-8-10-14-24(22)27/h7-19,27H,1-6H3. The van der Waals surface area contributed by atoms with E-state index in [1.807, 2.05) is 48.5 Å². The Bertz CT molecular complexity index is 1160. The van der Waals surface area contributed by atoms with Crippen molar-refractivity contribution in [3.63, 3.8) is 0 Å². The topological polar surface area (TPSA) is 34.1 Å². The van der Waals surface area contributed by atoms with E-state index < -0.39 is 15.1 Å². The van der Waals surface area contributed by atoms with Crippen LogP contribution < -0.4 is 0 Å². The van der Waals surface area contributed by atoms with Crippen molar-refractivity contribution in [3.8, 4) is 11.1 Å². The Morgan fingerprint density at radius 3 is 1.45 bits per heavy atom. The van der Waals surface area contributed by atoms with Gasteiger partial charge in [-0.25, -0.2) is 8.42 Å². The summed E-state index contributed by atoms with van der Waals surface area (Å²) in [6.07, 6.45) is 0. The minimum Gasteiger partial charge on any atom is -0.223 e. The first-order valence-electron chi connectivity index (χ1n) is 11.2. The SMILES string of the molecule is CC(C)c1cc(C(C)C)c(S(=O)(=O)C2c3ccccc3-c3ccccc32)c(C(C)C)c1. The maximum Gasteiger partial charge on any atom is 0.190 e. The van der Waals surface area contributed by atoms with Crippen molar-refractivity contribution in [1.82, 2.24) is 0 Å². The normalized spacial score (nSPS) is 13.8. The van der Waals surface area contributed by atoms with Crippen LogP contribution in [0, 0.1) is 0 Å². The molecule has 0 N–H and O–H groups in total. The fraction of sp³-hybridized carbons (Fsp3) is 0.357. The molecule has 4 rings (SSSR count). The van der Waals surface area contributed by atoms with Crippen LogP contribution >= 0.6 is 0 Å². The molecule has 0 saturated heterocycles. The smallest absolute Gasteiger partial charge is 0.190 e. The fourth-order valence-corrected chi connectivity index (χ4v) is 7.34. The molecule has 3 aromatic carbocycles. The molecule has 0 heterocycles. The van der Waals surface area contributed by atoms with E-state index in [1.165, 1.54) is 5.56 Å². The van der Waals surface area contributed by atoms with Gasteiger partial charge in [-0.15, -0.1) is 0 Å². The lowest BCUT2D eigenvalue weighted by Gasteiger charge is -2.25. The Morgan fingerprint density at radius 2 is 1.06 bits per heavy atom. The van der Waals surface area contributed by atoms with Gasteiger partial charge in [0.25, 0.3) is 0 Å². The summed E-state index contributed by atoms with van der Waals surface area (Å²) in [5.41, 5.74) is 6.93. The molecule has 0 amide bonds. The summed E-state index contributed by atoms with van der Waals surface area (Å²) in [5, 5.41) is -0.667. The molecule has 3 heteroatoms. The molecule has 1 aliphatic rings. The third-order valence-electron chi connectivity index (χ3n) is 6.45.